The van der Waals surface area contributed by atoms with Gasteiger partial charge in [-0.05, 0) is 67.6 Å². The van der Waals surface area contributed by atoms with E-state index < -0.39 is 29.7 Å². The summed E-state index contributed by atoms with van der Waals surface area (Å²) in [6.07, 6.45) is 3.58. The molecular weight excluding hydrogens is 512 g/mol. The van der Waals surface area contributed by atoms with Gasteiger partial charge in [-0.15, -0.1) is 0 Å². The number of ketones is 2. The molecule has 0 radical (unpaired) electrons. The second-order valence-corrected chi connectivity index (χ2v) is 12.4. The Morgan fingerprint density at radius 1 is 1.18 bits per heavy atom. The Kier molecular flexibility index (Phi) is 6.46. The lowest BCUT2D eigenvalue weighted by molar-refractivity contribution is -0.141. The van der Waals surface area contributed by atoms with Gasteiger partial charge in [0.25, 0.3) is 11.8 Å². The van der Waals surface area contributed by atoms with Gasteiger partial charge in [-0.3, -0.25) is 24.0 Å². The predicted octanol–water partition coefficient (Wildman–Crippen LogP) is 2.36. The molecule has 3 amide bonds. The maximum absolute atomic E-state index is 13.9. The molecule has 1 aliphatic heterocycles. The summed E-state index contributed by atoms with van der Waals surface area (Å²) in [5.74, 6) is -1.81. The second-order valence-electron chi connectivity index (χ2n) is 12.4. The Hall–Kier alpha value is -3.69. The summed E-state index contributed by atoms with van der Waals surface area (Å²) < 4.78 is 5.43. The molecule has 5 unspecified atom stereocenters. The van der Waals surface area contributed by atoms with Crippen LogP contribution in [-0.4, -0.2) is 71.0 Å². The van der Waals surface area contributed by atoms with E-state index in [9.17, 15) is 24.0 Å². The molecule has 1 aromatic heterocycles. The van der Waals surface area contributed by atoms with Crippen LogP contribution in [0.25, 0.3) is 10.9 Å². The van der Waals surface area contributed by atoms with E-state index in [1.807, 2.05) is 18.2 Å². The van der Waals surface area contributed by atoms with Gasteiger partial charge in [0.05, 0.1) is 13.2 Å². The molecule has 1 aromatic carbocycles. The van der Waals surface area contributed by atoms with Crippen LogP contribution in [0.1, 0.15) is 62.9 Å². The second kappa shape index (κ2) is 9.74. The van der Waals surface area contributed by atoms with Crippen LogP contribution >= 0.6 is 0 Å². The van der Waals surface area contributed by atoms with Gasteiger partial charge in [-0.25, -0.2) is 0 Å². The number of benzene rings is 1. The highest BCUT2D eigenvalue weighted by Crippen LogP contribution is 2.65. The average molecular weight is 549 g/mol. The van der Waals surface area contributed by atoms with Crippen molar-refractivity contribution in [3.8, 4) is 5.75 Å². The summed E-state index contributed by atoms with van der Waals surface area (Å²) in [7, 11) is 1.57. The summed E-state index contributed by atoms with van der Waals surface area (Å²) in [4.78, 5) is 70.8. The normalized spacial score (nSPS) is 27.3. The fourth-order valence-corrected chi connectivity index (χ4v) is 6.92. The smallest absolute Gasteiger partial charge is 0.289 e. The van der Waals surface area contributed by atoms with Crippen molar-refractivity contribution in [2.45, 2.75) is 70.5 Å². The van der Waals surface area contributed by atoms with Gasteiger partial charge in [0, 0.05) is 35.8 Å². The summed E-state index contributed by atoms with van der Waals surface area (Å²) in [6.45, 7) is 4.59. The molecular formula is C30H36N4O6. The maximum Gasteiger partial charge on any atom is 0.289 e. The standard InChI is InChI=1S/C30H36N4O6/c1-30(2)18-14-34(29(39)21-13-17-19(32-21)7-5-9-23(17)40-3)25(24(18)30)27(37)33-20(12-15-6-4-8-22(15)35)26(36)28(38)31-16-10-11-16/h5,7,9,13,15-16,18,20,24-25,32H,4,6,8,10-12,14H2,1-3H3,(H,31,38)(H,33,37). The van der Waals surface area contributed by atoms with Crippen LogP contribution in [0.2, 0.25) is 0 Å². The summed E-state index contributed by atoms with van der Waals surface area (Å²) in [5.41, 5.74) is 0.971. The highest BCUT2D eigenvalue weighted by molar-refractivity contribution is 6.38. The monoisotopic (exact) mass is 548 g/mol. The van der Waals surface area contributed by atoms with E-state index in [1.54, 1.807) is 18.1 Å². The molecule has 3 N–H and O–H groups in total. The molecule has 3 aliphatic carbocycles. The van der Waals surface area contributed by atoms with Crippen molar-refractivity contribution < 1.29 is 28.7 Å². The SMILES string of the molecule is COc1cccc2[nH]c(C(=O)N3CC4C(C3C(=O)NC(CC3CCCC3=O)C(=O)C(=O)NC3CC3)C4(C)C)cc12. The van der Waals surface area contributed by atoms with E-state index in [-0.39, 0.29) is 47.3 Å². The lowest BCUT2D eigenvalue weighted by atomic mass is 9.93. The van der Waals surface area contributed by atoms with Gasteiger partial charge in [0.1, 0.15) is 23.3 Å². The summed E-state index contributed by atoms with van der Waals surface area (Å²) in [6, 6.07) is 5.33. The van der Waals surface area contributed by atoms with Gasteiger partial charge >= 0.3 is 0 Å². The van der Waals surface area contributed by atoms with Crippen molar-refractivity contribution >= 4 is 40.2 Å². The maximum atomic E-state index is 13.9. The van der Waals surface area contributed by atoms with Crippen LogP contribution in [0.15, 0.2) is 24.3 Å². The number of likely N-dealkylation sites (tertiary alicyclic amines) is 1. The Bertz CT molecular complexity index is 1410. The highest BCUT2D eigenvalue weighted by Gasteiger charge is 2.69. The molecule has 6 rings (SSSR count). The number of rotatable bonds is 9. The first-order chi connectivity index (χ1) is 19.1. The van der Waals surface area contributed by atoms with Crippen molar-refractivity contribution in [2.24, 2.45) is 23.2 Å². The number of methoxy groups -OCH3 is 1. The molecule has 40 heavy (non-hydrogen) atoms. The topological polar surface area (TPSA) is 138 Å². The zero-order chi connectivity index (χ0) is 28.3. The van der Waals surface area contributed by atoms with Crippen LogP contribution < -0.4 is 15.4 Å². The molecule has 2 heterocycles. The van der Waals surface area contributed by atoms with Gasteiger partial charge < -0.3 is 25.3 Å². The van der Waals surface area contributed by atoms with Crippen LogP contribution in [0.5, 0.6) is 5.75 Å². The lowest BCUT2D eigenvalue weighted by Crippen LogP contribution is -2.55. The van der Waals surface area contributed by atoms with Crippen LogP contribution in [0.3, 0.4) is 0 Å². The largest absolute Gasteiger partial charge is 0.496 e. The molecule has 4 aliphatic rings. The number of nitrogens with zero attached hydrogens (tertiary/aromatic N) is 1. The number of ether oxygens (including phenoxy) is 1. The molecule has 4 fully saturated rings. The fourth-order valence-electron chi connectivity index (χ4n) is 6.92. The molecule has 1 saturated heterocycles. The molecule has 2 aromatic rings. The predicted molar refractivity (Wildman–Crippen MR) is 146 cm³/mol. The Labute approximate surface area is 232 Å². The number of carbonyl (C=O) groups is 5. The molecule has 3 saturated carbocycles. The van der Waals surface area contributed by atoms with Crippen LogP contribution in [0, 0.1) is 23.2 Å². The molecule has 10 heteroatoms. The summed E-state index contributed by atoms with van der Waals surface area (Å²) >= 11 is 0. The van der Waals surface area contributed by atoms with Crippen molar-refractivity contribution in [3.05, 3.63) is 30.0 Å². The van der Waals surface area contributed by atoms with E-state index in [2.05, 4.69) is 29.5 Å². The fraction of sp³-hybridized carbons (Fsp3) is 0.567. The number of piperidine rings is 1. The zero-order valence-electron chi connectivity index (χ0n) is 23.1. The Balaban J connectivity index is 1.25. The molecule has 212 valence electrons. The van der Waals surface area contributed by atoms with Crippen molar-refractivity contribution in [3.63, 3.8) is 0 Å². The number of H-pyrrole nitrogens is 1. The van der Waals surface area contributed by atoms with E-state index in [0.717, 1.165) is 30.2 Å². The number of amides is 3. The van der Waals surface area contributed by atoms with E-state index >= 15 is 0 Å². The summed E-state index contributed by atoms with van der Waals surface area (Å²) in [5, 5.41) is 6.31. The molecule has 0 spiro atoms. The number of nitrogens with one attached hydrogen (secondary N) is 3. The third kappa shape index (κ3) is 4.57. The number of hydrogen-bond acceptors (Lipinski definition) is 6. The van der Waals surface area contributed by atoms with Crippen molar-refractivity contribution in [1.29, 1.82) is 0 Å². The first-order valence-corrected chi connectivity index (χ1v) is 14.2. The number of fused-ring (bicyclic) bond motifs is 2. The first kappa shape index (κ1) is 26.5. The van der Waals surface area contributed by atoms with Crippen LogP contribution in [0.4, 0.5) is 0 Å². The van der Waals surface area contributed by atoms with Gasteiger partial charge in [0.2, 0.25) is 11.7 Å². The number of aromatic nitrogens is 1. The highest BCUT2D eigenvalue weighted by atomic mass is 16.5. The Morgan fingerprint density at radius 3 is 2.62 bits per heavy atom. The van der Waals surface area contributed by atoms with E-state index in [0.29, 0.717) is 30.8 Å². The molecule has 10 nitrogen and oxygen atoms in total. The molecule has 0 bridgehead atoms. The van der Waals surface area contributed by atoms with Crippen LogP contribution in [-0.2, 0) is 19.2 Å². The quantitative estimate of drug-likeness (QED) is 0.412. The number of hydrogen-bond donors (Lipinski definition) is 3. The Morgan fingerprint density at radius 2 is 1.95 bits per heavy atom. The third-order valence-corrected chi connectivity index (χ3v) is 9.53. The number of carbonyl (C=O) groups excluding carboxylic acids is 5. The molecule has 5 atom stereocenters. The lowest BCUT2D eigenvalue weighted by Gasteiger charge is -2.31. The van der Waals surface area contributed by atoms with Gasteiger partial charge in [0.15, 0.2) is 0 Å². The first-order valence-electron chi connectivity index (χ1n) is 14.2. The van der Waals surface area contributed by atoms with Gasteiger partial charge in [-0.2, -0.15) is 0 Å². The van der Waals surface area contributed by atoms with Gasteiger partial charge in [-0.1, -0.05) is 19.9 Å². The minimum atomic E-state index is -1.12. The zero-order valence-corrected chi connectivity index (χ0v) is 23.1. The van der Waals surface area contributed by atoms with E-state index in [4.69, 9.17) is 4.74 Å². The number of Topliss-reactive ketones (excluding diaryl/α,β-unsaturated/α-hetero) is 2. The minimum Gasteiger partial charge on any atom is -0.496 e. The van der Waals surface area contributed by atoms with Crippen molar-refractivity contribution in [1.82, 2.24) is 20.5 Å². The minimum absolute atomic E-state index is 0.00758. The van der Waals surface area contributed by atoms with Crippen molar-refractivity contribution in [2.75, 3.05) is 13.7 Å². The average Bonchev–Trinajstić information content (AvgIpc) is 3.56. The van der Waals surface area contributed by atoms with E-state index in [1.165, 1.54) is 0 Å². The third-order valence-electron chi connectivity index (χ3n) is 9.53. The number of aromatic amines is 1.